The standard InChI is InChI=1S/C16H31NO4/c1-2-3-4-5-6-7-8-9-10-11-14-21-16(20)17-13-12-15(18)19/h2-14H2,1H3,(H,17,20)(H,18,19). The second-order valence-electron chi connectivity index (χ2n) is 5.39. The Kier molecular flexibility index (Phi) is 14.2. The highest BCUT2D eigenvalue weighted by atomic mass is 16.5. The van der Waals surface area contributed by atoms with Crippen molar-refractivity contribution < 1.29 is 19.4 Å². The highest BCUT2D eigenvalue weighted by molar-refractivity contribution is 5.70. The predicted molar refractivity (Wildman–Crippen MR) is 83.4 cm³/mol. The number of ether oxygens (including phenoxy) is 1. The molecule has 0 aliphatic heterocycles. The maximum Gasteiger partial charge on any atom is 0.407 e. The van der Waals surface area contributed by atoms with Crippen LogP contribution in [0.25, 0.3) is 0 Å². The minimum absolute atomic E-state index is 0.0760. The van der Waals surface area contributed by atoms with Gasteiger partial charge in [0.25, 0.3) is 0 Å². The van der Waals surface area contributed by atoms with E-state index in [0.717, 1.165) is 12.8 Å². The van der Waals surface area contributed by atoms with Crippen molar-refractivity contribution in [3.8, 4) is 0 Å². The molecule has 0 atom stereocenters. The number of carboxylic acid groups (broad SMARTS) is 1. The maximum atomic E-state index is 11.2. The van der Waals surface area contributed by atoms with Crippen LogP contribution in [0.3, 0.4) is 0 Å². The van der Waals surface area contributed by atoms with Gasteiger partial charge < -0.3 is 15.2 Å². The first-order valence-corrected chi connectivity index (χ1v) is 8.29. The monoisotopic (exact) mass is 301 g/mol. The van der Waals surface area contributed by atoms with E-state index in [-0.39, 0.29) is 13.0 Å². The van der Waals surface area contributed by atoms with Gasteiger partial charge in [-0.25, -0.2) is 4.79 Å². The Bertz CT molecular complexity index is 269. The normalized spacial score (nSPS) is 10.3. The summed E-state index contributed by atoms with van der Waals surface area (Å²) in [6.45, 7) is 2.76. The van der Waals surface area contributed by atoms with Gasteiger partial charge in [0.05, 0.1) is 13.0 Å². The molecule has 0 rings (SSSR count). The van der Waals surface area contributed by atoms with Crippen LogP contribution in [0, 0.1) is 0 Å². The van der Waals surface area contributed by atoms with Crippen LogP contribution in [0.2, 0.25) is 0 Å². The zero-order chi connectivity index (χ0) is 15.8. The molecule has 0 heterocycles. The number of alkyl carbamates (subject to hydrolysis) is 1. The van der Waals surface area contributed by atoms with Crippen LogP contribution in [0.15, 0.2) is 0 Å². The third-order valence-electron chi connectivity index (χ3n) is 3.34. The molecule has 124 valence electrons. The van der Waals surface area contributed by atoms with Crippen LogP contribution in [0.4, 0.5) is 4.79 Å². The molecule has 0 unspecified atom stereocenters. The quantitative estimate of drug-likeness (QED) is 0.473. The lowest BCUT2D eigenvalue weighted by atomic mass is 10.1. The number of amides is 1. The molecule has 5 nitrogen and oxygen atoms in total. The zero-order valence-corrected chi connectivity index (χ0v) is 13.4. The minimum atomic E-state index is -0.926. The molecule has 1 amide bonds. The molecule has 0 aliphatic carbocycles. The van der Waals surface area contributed by atoms with E-state index in [1.165, 1.54) is 51.4 Å². The van der Waals surface area contributed by atoms with Gasteiger partial charge in [-0.1, -0.05) is 64.7 Å². The van der Waals surface area contributed by atoms with Crippen molar-refractivity contribution in [3.63, 3.8) is 0 Å². The number of hydrogen-bond acceptors (Lipinski definition) is 3. The van der Waals surface area contributed by atoms with Gasteiger partial charge in [-0.3, -0.25) is 4.79 Å². The Labute approximate surface area is 128 Å². The van der Waals surface area contributed by atoms with Gasteiger partial charge in [0, 0.05) is 6.54 Å². The van der Waals surface area contributed by atoms with Crippen molar-refractivity contribution in [2.45, 2.75) is 77.6 Å². The van der Waals surface area contributed by atoms with E-state index in [0.29, 0.717) is 6.61 Å². The van der Waals surface area contributed by atoms with Crippen molar-refractivity contribution in [3.05, 3.63) is 0 Å². The van der Waals surface area contributed by atoms with Crippen molar-refractivity contribution in [1.82, 2.24) is 5.32 Å². The summed E-state index contributed by atoms with van der Waals surface area (Å²) < 4.78 is 4.95. The predicted octanol–water partition coefficient (Wildman–Crippen LogP) is 4.11. The summed E-state index contributed by atoms with van der Waals surface area (Å²) >= 11 is 0. The van der Waals surface area contributed by atoms with Crippen LogP contribution < -0.4 is 5.32 Å². The van der Waals surface area contributed by atoms with Crippen molar-refractivity contribution in [1.29, 1.82) is 0 Å². The number of nitrogens with one attached hydrogen (secondary N) is 1. The van der Waals surface area contributed by atoms with Crippen molar-refractivity contribution in [2.75, 3.05) is 13.2 Å². The average Bonchev–Trinajstić information content (AvgIpc) is 2.44. The number of unbranched alkanes of at least 4 members (excludes halogenated alkanes) is 9. The molecule has 2 N–H and O–H groups in total. The van der Waals surface area contributed by atoms with Gasteiger partial charge in [-0.15, -0.1) is 0 Å². The van der Waals surface area contributed by atoms with Crippen molar-refractivity contribution >= 4 is 12.1 Å². The van der Waals surface area contributed by atoms with Crippen LogP contribution >= 0.6 is 0 Å². The van der Waals surface area contributed by atoms with E-state index in [2.05, 4.69) is 12.2 Å². The van der Waals surface area contributed by atoms with Gasteiger partial charge in [0.2, 0.25) is 0 Å². The summed E-state index contributed by atoms with van der Waals surface area (Å²) in [6.07, 6.45) is 11.8. The average molecular weight is 301 g/mol. The topological polar surface area (TPSA) is 75.6 Å². The number of hydrogen-bond donors (Lipinski definition) is 2. The molecule has 0 aliphatic rings. The van der Waals surface area contributed by atoms with E-state index < -0.39 is 12.1 Å². The van der Waals surface area contributed by atoms with Crippen LogP contribution in [0.1, 0.15) is 77.6 Å². The first kappa shape index (κ1) is 19.7. The fraction of sp³-hybridized carbons (Fsp3) is 0.875. The first-order chi connectivity index (χ1) is 10.2. The minimum Gasteiger partial charge on any atom is -0.481 e. The second-order valence-corrected chi connectivity index (χ2v) is 5.39. The molecule has 0 bridgehead atoms. The largest absolute Gasteiger partial charge is 0.481 e. The van der Waals surface area contributed by atoms with Gasteiger partial charge in [-0.2, -0.15) is 0 Å². The molecule has 0 aromatic carbocycles. The van der Waals surface area contributed by atoms with Crippen LogP contribution in [-0.2, 0) is 9.53 Å². The summed E-state index contributed by atoms with van der Waals surface area (Å²) in [4.78, 5) is 21.4. The third kappa shape index (κ3) is 16.7. The molecular formula is C16H31NO4. The summed E-state index contributed by atoms with van der Waals surface area (Å²) in [7, 11) is 0. The number of carbonyl (C=O) groups is 2. The Morgan fingerprint density at radius 2 is 1.43 bits per heavy atom. The molecule has 0 saturated carbocycles. The second kappa shape index (κ2) is 15.1. The Balaban J connectivity index is 3.14. The summed E-state index contributed by atoms with van der Waals surface area (Å²) in [5, 5.41) is 10.8. The SMILES string of the molecule is CCCCCCCCCCCCOC(=O)NCCC(=O)O. The maximum absolute atomic E-state index is 11.2. The summed E-state index contributed by atoms with van der Waals surface area (Å²) in [5.41, 5.74) is 0. The fourth-order valence-electron chi connectivity index (χ4n) is 2.08. The highest BCUT2D eigenvalue weighted by Crippen LogP contribution is 2.10. The molecule has 0 fully saturated rings. The van der Waals surface area contributed by atoms with Crippen molar-refractivity contribution in [2.24, 2.45) is 0 Å². The molecule has 0 aromatic heterocycles. The van der Waals surface area contributed by atoms with Gasteiger partial charge >= 0.3 is 12.1 Å². The van der Waals surface area contributed by atoms with E-state index in [1.807, 2.05) is 0 Å². The Morgan fingerprint density at radius 1 is 0.905 bits per heavy atom. The summed E-state index contributed by atoms with van der Waals surface area (Å²) in [6, 6.07) is 0. The molecule has 0 radical (unpaired) electrons. The summed E-state index contributed by atoms with van der Waals surface area (Å²) in [5.74, 6) is -0.926. The lowest BCUT2D eigenvalue weighted by Crippen LogP contribution is -2.27. The van der Waals surface area contributed by atoms with E-state index >= 15 is 0 Å². The molecule has 0 aromatic rings. The van der Waals surface area contributed by atoms with E-state index in [9.17, 15) is 9.59 Å². The number of rotatable bonds is 14. The van der Waals surface area contributed by atoms with Crippen LogP contribution in [0.5, 0.6) is 0 Å². The first-order valence-electron chi connectivity index (χ1n) is 8.29. The Morgan fingerprint density at radius 3 is 1.95 bits per heavy atom. The molecule has 0 spiro atoms. The Hall–Kier alpha value is -1.26. The lowest BCUT2D eigenvalue weighted by Gasteiger charge is -2.06. The fourth-order valence-corrected chi connectivity index (χ4v) is 2.08. The number of carboxylic acids is 1. The molecular weight excluding hydrogens is 270 g/mol. The number of aliphatic carboxylic acids is 1. The lowest BCUT2D eigenvalue weighted by molar-refractivity contribution is -0.136. The molecule has 5 heteroatoms. The van der Waals surface area contributed by atoms with Gasteiger partial charge in [0.1, 0.15) is 0 Å². The van der Waals surface area contributed by atoms with Gasteiger partial charge in [0.15, 0.2) is 0 Å². The highest BCUT2D eigenvalue weighted by Gasteiger charge is 2.02. The molecule has 0 saturated heterocycles. The van der Waals surface area contributed by atoms with Crippen LogP contribution in [-0.4, -0.2) is 30.3 Å². The van der Waals surface area contributed by atoms with E-state index in [4.69, 9.17) is 9.84 Å². The smallest absolute Gasteiger partial charge is 0.407 e. The van der Waals surface area contributed by atoms with Gasteiger partial charge in [-0.05, 0) is 6.42 Å². The third-order valence-corrected chi connectivity index (χ3v) is 3.34. The number of carbonyl (C=O) groups excluding carboxylic acids is 1. The zero-order valence-electron chi connectivity index (χ0n) is 13.4. The molecule has 21 heavy (non-hydrogen) atoms. The van der Waals surface area contributed by atoms with E-state index in [1.54, 1.807) is 0 Å².